The van der Waals surface area contributed by atoms with E-state index in [1.165, 1.54) is 0 Å². The van der Waals surface area contributed by atoms with Crippen molar-refractivity contribution in [3.8, 4) is 0 Å². The van der Waals surface area contributed by atoms with E-state index in [0.29, 0.717) is 6.54 Å². The van der Waals surface area contributed by atoms with Crippen molar-refractivity contribution in [3.63, 3.8) is 0 Å². The molecule has 0 spiro atoms. The predicted octanol–water partition coefficient (Wildman–Crippen LogP) is 2.29. The summed E-state index contributed by atoms with van der Waals surface area (Å²) in [7, 11) is 0. The smallest absolute Gasteiger partial charge is 0.322 e. The molecule has 2 N–H and O–H groups in total. The van der Waals surface area contributed by atoms with Crippen molar-refractivity contribution < 1.29 is 9.90 Å². The number of hydrogen-bond donors (Lipinski definition) is 2. The number of rotatable bonds is 3. The molecule has 6 heteroatoms. The molecule has 1 unspecified atom stereocenters. The number of urea groups is 1. The summed E-state index contributed by atoms with van der Waals surface area (Å²) >= 11 is 0. The van der Waals surface area contributed by atoms with Crippen LogP contribution in [0.2, 0.25) is 0 Å². The van der Waals surface area contributed by atoms with Gasteiger partial charge >= 0.3 is 6.03 Å². The van der Waals surface area contributed by atoms with Crippen LogP contribution in [0.15, 0.2) is 0 Å². The lowest BCUT2D eigenvalue weighted by atomic mass is 9.97. The number of nitrogens with zero attached hydrogens (tertiary/aromatic N) is 3. The summed E-state index contributed by atoms with van der Waals surface area (Å²) in [6.07, 6.45) is 1.76. The quantitative estimate of drug-likeness (QED) is 0.898. The lowest BCUT2D eigenvalue weighted by molar-refractivity contribution is 0.0117. The maximum atomic E-state index is 12.5. The lowest BCUT2D eigenvalue weighted by Gasteiger charge is -2.33. The Morgan fingerprint density at radius 3 is 2.67 bits per heavy atom. The number of nitrogens with one attached hydrogen (secondary N) is 1. The van der Waals surface area contributed by atoms with Gasteiger partial charge in [-0.05, 0) is 47.5 Å². The van der Waals surface area contributed by atoms with E-state index in [1.807, 2.05) is 25.5 Å². The second-order valence-corrected chi connectivity index (χ2v) is 6.30. The SMILES string of the molecule is CCn1nc(C)c(NC(=O)N2CCCC2C(C)(C)O)c1C. The fraction of sp³-hybridized carbons (Fsp3) is 0.733. The first-order valence-electron chi connectivity index (χ1n) is 7.59. The topological polar surface area (TPSA) is 70.4 Å². The Hall–Kier alpha value is -1.56. The van der Waals surface area contributed by atoms with Gasteiger partial charge in [0.2, 0.25) is 0 Å². The van der Waals surface area contributed by atoms with E-state index in [-0.39, 0.29) is 12.1 Å². The minimum Gasteiger partial charge on any atom is -0.388 e. The molecule has 0 bridgehead atoms. The molecule has 6 nitrogen and oxygen atoms in total. The molecule has 0 aromatic carbocycles. The molecule has 1 fully saturated rings. The van der Waals surface area contributed by atoms with Crippen molar-refractivity contribution in [1.29, 1.82) is 0 Å². The van der Waals surface area contributed by atoms with Crippen LogP contribution in [0.25, 0.3) is 0 Å². The molecule has 118 valence electrons. The van der Waals surface area contributed by atoms with Crippen molar-refractivity contribution in [2.24, 2.45) is 0 Å². The molecule has 1 aliphatic heterocycles. The van der Waals surface area contributed by atoms with Gasteiger partial charge in [0.15, 0.2) is 0 Å². The van der Waals surface area contributed by atoms with Crippen LogP contribution in [-0.4, -0.2) is 44.0 Å². The number of anilines is 1. The minimum absolute atomic E-state index is 0.140. The molecule has 0 aliphatic carbocycles. The molecule has 1 aromatic heterocycles. The maximum absolute atomic E-state index is 12.5. The Kier molecular flexibility index (Phi) is 4.27. The Balaban J connectivity index is 2.17. The third-order valence-corrected chi connectivity index (χ3v) is 4.24. The fourth-order valence-corrected chi connectivity index (χ4v) is 3.11. The van der Waals surface area contributed by atoms with E-state index < -0.39 is 5.60 Å². The summed E-state index contributed by atoms with van der Waals surface area (Å²) in [6, 6.07) is -0.291. The minimum atomic E-state index is -0.883. The molecule has 1 aliphatic rings. The van der Waals surface area contributed by atoms with Crippen molar-refractivity contribution >= 4 is 11.7 Å². The number of aliphatic hydroxyl groups is 1. The first-order valence-corrected chi connectivity index (χ1v) is 7.59. The van der Waals surface area contributed by atoms with Crippen LogP contribution in [0.4, 0.5) is 10.5 Å². The fourth-order valence-electron chi connectivity index (χ4n) is 3.11. The molecule has 1 saturated heterocycles. The van der Waals surface area contributed by atoms with Crippen LogP contribution in [0.1, 0.15) is 45.0 Å². The van der Waals surface area contributed by atoms with Crippen molar-refractivity contribution in [2.75, 3.05) is 11.9 Å². The van der Waals surface area contributed by atoms with Gasteiger partial charge in [-0.2, -0.15) is 5.10 Å². The number of carbonyl (C=O) groups is 1. The third kappa shape index (κ3) is 3.05. The monoisotopic (exact) mass is 294 g/mol. The van der Waals surface area contributed by atoms with Gasteiger partial charge in [-0.3, -0.25) is 4.68 Å². The van der Waals surface area contributed by atoms with Gasteiger partial charge in [0, 0.05) is 13.1 Å². The Bertz CT molecular complexity index is 531. The zero-order valence-electron chi connectivity index (χ0n) is 13.6. The number of likely N-dealkylation sites (tertiary alicyclic amines) is 1. The zero-order valence-corrected chi connectivity index (χ0v) is 13.6. The molecular formula is C15H26N4O2. The normalized spacial score (nSPS) is 19.1. The van der Waals surface area contributed by atoms with E-state index in [1.54, 1.807) is 18.7 Å². The Morgan fingerprint density at radius 2 is 2.14 bits per heavy atom. The Morgan fingerprint density at radius 1 is 1.48 bits per heavy atom. The van der Waals surface area contributed by atoms with Gasteiger partial charge < -0.3 is 15.3 Å². The molecule has 2 heterocycles. The van der Waals surface area contributed by atoms with Gasteiger partial charge in [-0.1, -0.05) is 0 Å². The highest BCUT2D eigenvalue weighted by Gasteiger charge is 2.38. The summed E-state index contributed by atoms with van der Waals surface area (Å²) in [5.41, 5.74) is 1.68. The molecule has 0 radical (unpaired) electrons. The predicted molar refractivity (Wildman–Crippen MR) is 82.4 cm³/mol. The van der Waals surface area contributed by atoms with Crippen molar-refractivity contribution in [2.45, 2.75) is 65.6 Å². The van der Waals surface area contributed by atoms with Crippen LogP contribution < -0.4 is 5.32 Å². The van der Waals surface area contributed by atoms with Crippen LogP contribution in [0.3, 0.4) is 0 Å². The third-order valence-electron chi connectivity index (χ3n) is 4.24. The van der Waals surface area contributed by atoms with Gasteiger partial charge in [0.05, 0.1) is 28.7 Å². The van der Waals surface area contributed by atoms with Crippen LogP contribution in [0.5, 0.6) is 0 Å². The first-order chi connectivity index (χ1) is 9.75. The van der Waals surface area contributed by atoms with Crippen LogP contribution >= 0.6 is 0 Å². The molecule has 0 saturated carbocycles. The molecule has 1 aromatic rings. The largest absolute Gasteiger partial charge is 0.388 e. The summed E-state index contributed by atoms with van der Waals surface area (Å²) in [5.74, 6) is 0. The molecule has 2 amide bonds. The van der Waals surface area contributed by atoms with Crippen LogP contribution in [-0.2, 0) is 6.54 Å². The average molecular weight is 294 g/mol. The molecular weight excluding hydrogens is 268 g/mol. The number of hydrogen-bond acceptors (Lipinski definition) is 3. The molecule has 1 atom stereocenters. The van der Waals surface area contributed by atoms with E-state index in [4.69, 9.17) is 0 Å². The van der Waals surface area contributed by atoms with Crippen LogP contribution in [0, 0.1) is 13.8 Å². The zero-order chi connectivity index (χ0) is 15.8. The Labute approximate surface area is 126 Å². The van der Waals surface area contributed by atoms with Gasteiger partial charge in [0.1, 0.15) is 0 Å². The molecule has 21 heavy (non-hydrogen) atoms. The number of aryl methyl sites for hydroxylation is 2. The summed E-state index contributed by atoms with van der Waals surface area (Å²) in [6.45, 7) is 10.8. The second-order valence-electron chi connectivity index (χ2n) is 6.30. The standard InChI is InChI=1S/C15H26N4O2/c1-6-19-11(3)13(10(2)17-19)16-14(20)18-9-7-8-12(18)15(4,5)21/h12,21H,6-9H2,1-5H3,(H,16,20). The van der Waals surface area contributed by atoms with Gasteiger partial charge in [-0.25, -0.2) is 4.79 Å². The highest BCUT2D eigenvalue weighted by Crippen LogP contribution is 2.28. The number of aromatic nitrogens is 2. The van der Waals surface area contributed by atoms with E-state index in [2.05, 4.69) is 10.4 Å². The maximum Gasteiger partial charge on any atom is 0.322 e. The van der Waals surface area contributed by atoms with E-state index >= 15 is 0 Å². The molecule has 2 rings (SSSR count). The first kappa shape index (κ1) is 15.8. The number of amides is 2. The highest BCUT2D eigenvalue weighted by molar-refractivity contribution is 5.91. The second kappa shape index (κ2) is 5.67. The summed E-state index contributed by atoms with van der Waals surface area (Å²) in [4.78, 5) is 14.3. The summed E-state index contributed by atoms with van der Waals surface area (Å²) in [5, 5.41) is 17.6. The average Bonchev–Trinajstić information content (AvgIpc) is 2.98. The van der Waals surface area contributed by atoms with E-state index in [9.17, 15) is 9.90 Å². The summed E-state index contributed by atoms with van der Waals surface area (Å²) < 4.78 is 1.88. The lowest BCUT2D eigenvalue weighted by Crippen LogP contribution is -2.49. The van der Waals surface area contributed by atoms with Gasteiger partial charge in [-0.15, -0.1) is 0 Å². The van der Waals surface area contributed by atoms with Crippen molar-refractivity contribution in [1.82, 2.24) is 14.7 Å². The number of carbonyl (C=O) groups excluding carboxylic acids is 1. The highest BCUT2D eigenvalue weighted by atomic mass is 16.3. The van der Waals surface area contributed by atoms with E-state index in [0.717, 1.165) is 36.5 Å². The van der Waals surface area contributed by atoms with Crippen molar-refractivity contribution in [3.05, 3.63) is 11.4 Å². The van der Waals surface area contributed by atoms with Gasteiger partial charge in [0.25, 0.3) is 0 Å².